The molecule has 0 aromatic heterocycles. The zero-order chi connectivity index (χ0) is 23.3. The maximum Gasteiger partial charge on any atom is 0.292 e. The van der Waals surface area contributed by atoms with Crippen LogP contribution in [0.4, 0.5) is 11.4 Å². The van der Waals surface area contributed by atoms with Gasteiger partial charge in [-0.25, -0.2) is 0 Å². The minimum Gasteiger partial charge on any atom is -0.366 e. The number of benzene rings is 2. The van der Waals surface area contributed by atoms with E-state index >= 15 is 0 Å². The van der Waals surface area contributed by atoms with Gasteiger partial charge in [-0.15, -0.1) is 0 Å². The second kappa shape index (κ2) is 10.3. The summed E-state index contributed by atoms with van der Waals surface area (Å²) in [6.45, 7) is 5.53. The third-order valence-electron chi connectivity index (χ3n) is 6.05. The summed E-state index contributed by atoms with van der Waals surface area (Å²) in [4.78, 5) is 39.6. The lowest BCUT2D eigenvalue weighted by molar-refractivity contribution is -0.384. The molecule has 1 aliphatic heterocycles. The van der Waals surface area contributed by atoms with Crippen LogP contribution < -0.4 is 10.2 Å². The quantitative estimate of drug-likeness (QED) is 0.526. The Morgan fingerprint density at radius 3 is 2.34 bits per heavy atom. The van der Waals surface area contributed by atoms with E-state index in [-0.39, 0.29) is 34.4 Å². The van der Waals surface area contributed by atoms with Crippen LogP contribution in [0.15, 0.2) is 48.5 Å². The Hall–Kier alpha value is -3.42. The fourth-order valence-electron chi connectivity index (χ4n) is 3.81. The summed E-state index contributed by atoms with van der Waals surface area (Å²) in [5, 5.41) is 14.3. The van der Waals surface area contributed by atoms with Crippen LogP contribution in [0.2, 0.25) is 0 Å². The van der Waals surface area contributed by atoms with Crippen molar-refractivity contribution in [1.82, 2.24) is 10.2 Å². The zero-order valence-electron chi connectivity index (χ0n) is 18.8. The number of amides is 2. The highest BCUT2D eigenvalue weighted by atomic mass is 16.6. The lowest BCUT2D eigenvalue weighted by Crippen LogP contribution is -2.40. The minimum atomic E-state index is -0.367. The van der Waals surface area contributed by atoms with Crippen LogP contribution in [0.3, 0.4) is 0 Å². The number of nitrogens with zero attached hydrogens (tertiary/aromatic N) is 3. The first-order chi connectivity index (χ1) is 15.3. The van der Waals surface area contributed by atoms with Crippen LogP contribution in [-0.2, 0) is 11.3 Å². The summed E-state index contributed by atoms with van der Waals surface area (Å²) < 4.78 is 0. The van der Waals surface area contributed by atoms with Gasteiger partial charge in [0.15, 0.2) is 0 Å². The number of nitro groups is 1. The lowest BCUT2D eigenvalue weighted by atomic mass is 9.95. The van der Waals surface area contributed by atoms with Gasteiger partial charge in [-0.2, -0.15) is 0 Å². The summed E-state index contributed by atoms with van der Waals surface area (Å²) in [5.41, 5.74) is 2.25. The Bertz CT molecular complexity index is 966. The summed E-state index contributed by atoms with van der Waals surface area (Å²) in [5.74, 6) is -0.150. The molecule has 32 heavy (non-hydrogen) atoms. The van der Waals surface area contributed by atoms with Crippen LogP contribution in [0.25, 0.3) is 0 Å². The predicted octanol–water partition coefficient (Wildman–Crippen LogP) is 3.61. The van der Waals surface area contributed by atoms with E-state index < -0.39 is 0 Å². The van der Waals surface area contributed by atoms with Crippen LogP contribution >= 0.6 is 0 Å². The number of anilines is 1. The number of piperidine rings is 1. The van der Waals surface area contributed by atoms with Crippen LogP contribution in [-0.4, -0.2) is 47.8 Å². The van der Waals surface area contributed by atoms with E-state index in [0.29, 0.717) is 43.7 Å². The van der Waals surface area contributed by atoms with Crippen LogP contribution in [0.1, 0.15) is 42.6 Å². The molecule has 0 unspecified atom stereocenters. The average molecular weight is 439 g/mol. The SMILES string of the molecule is CC(C)N(C)C(=O)c1ccc(CNC(=O)C2CCN(c3ccccc3[N+](=O)[O-])CC2)cc1. The fraction of sp³-hybridized carbons (Fsp3) is 0.417. The van der Waals surface area contributed by atoms with E-state index in [0.717, 1.165) is 5.56 Å². The second-order valence-electron chi connectivity index (χ2n) is 8.43. The monoisotopic (exact) mass is 438 g/mol. The largest absolute Gasteiger partial charge is 0.366 e. The Labute approximate surface area is 188 Å². The van der Waals surface area contributed by atoms with Gasteiger partial charge in [-0.1, -0.05) is 24.3 Å². The van der Waals surface area contributed by atoms with Gasteiger partial charge in [0.2, 0.25) is 5.91 Å². The maximum absolute atomic E-state index is 12.6. The van der Waals surface area contributed by atoms with Crippen molar-refractivity contribution in [3.8, 4) is 0 Å². The van der Waals surface area contributed by atoms with Crippen molar-refractivity contribution < 1.29 is 14.5 Å². The standard InChI is InChI=1S/C24H30N4O4/c1-17(2)26(3)24(30)20-10-8-18(9-11-20)16-25-23(29)19-12-14-27(15-13-19)21-6-4-5-7-22(21)28(31)32/h4-11,17,19H,12-16H2,1-3H3,(H,25,29). The number of hydrogen-bond acceptors (Lipinski definition) is 5. The van der Waals surface area contributed by atoms with E-state index in [9.17, 15) is 19.7 Å². The number of nitro benzene ring substituents is 1. The van der Waals surface area contributed by atoms with E-state index in [1.54, 1.807) is 42.3 Å². The first-order valence-electron chi connectivity index (χ1n) is 10.9. The molecule has 3 rings (SSSR count). The Morgan fingerprint density at radius 1 is 1.12 bits per heavy atom. The number of para-hydroxylation sites is 2. The fourth-order valence-corrected chi connectivity index (χ4v) is 3.81. The minimum absolute atomic E-state index is 0.00749. The van der Waals surface area contributed by atoms with Gasteiger partial charge >= 0.3 is 0 Å². The average Bonchev–Trinajstić information content (AvgIpc) is 2.82. The Kier molecular flexibility index (Phi) is 7.45. The van der Waals surface area contributed by atoms with Crippen molar-refractivity contribution in [3.05, 3.63) is 69.8 Å². The summed E-state index contributed by atoms with van der Waals surface area (Å²) in [6, 6.07) is 14.1. The molecule has 1 aliphatic rings. The van der Waals surface area contributed by atoms with Crippen LogP contribution in [0.5, 0.6) is 0 Å². The molecule has 8 nitrogen and oxygen atoms in total. The van der Waals surface area contributed by atoms with E-state index in [4.69, 9.17) is 0 Å². The van der Waals surface area contributed by atoms with Gasteiger partial charge < -0.3 is 15.1 Å². The Balaban J connectivity index is 1.51. The summed E-state index contributed by atoms with van der Waals surface area (Å²) >= 11 is 0. The molecule has 0 spiro atoms. The lowest BCUT2D eigenvalue weighted by Gasteiger charge is -2.32. The highest BCUT2D eigenvalue weighted by Crippen LogP contribution is 2.31. The van der Waals surface area contributed by atoms with Gasteiger partial charge in [0.25, 0.3) is 11.6 Å². The van der Waals surface area contributed by atoms with E-state index in [2.05, 4.69) is 5.32 Å². The van der Waals surface area contributed by atoms with Crippen molar-refractivity contribution in [2.45, 2.75) is 39.3 Å². The van der Waals surface area contributed by atoms with Gasteiger partial charge in [-0.05, 0) is 50.5 Å². The second-order valence-corrected chi connectivity index (χ2v) is 8.43. The first-order valence-corrected chi connectivity index (χ1v) is 10.9. The molecule has 2 aromatic carbocycles. The van der Waals surface area contributed by atoms with Gasteiger partial charge in [-0.3, -0.25) is 19.7 Å². The Morgan fingerprint density at radius 2 is 1.75 bits per heavy atom. The maximum atomic E-state index is 12.6. The highest BCUT2D eigenvalue weighted by molar-refractivity contribution is 5.94. The third kappa shape index (κ3) is 5.43. The molecule has 8 heteroatoms. The molecule has 2 aromatic rings. The molecule has 1 heterocycles. The molecule has 1 N–H and O–H groups in total. The molecule has 0 aliphatic carbocycles. The molecular formula is C24H30N4O4. The summed E-state index contributed by atoms with van der Waals surface area (Å²) in [6.07, 6.45) is 1.29. The molecule has 1 saturated heterocycles. The van der Waals surface area contributed by atoms with Crippen molar-refractivity contribution in [1.29, 1.82) is 0 Å². The molecule has 2 amide bonds. The van der Waals surface area contributed by atoms with Crippen molar-refractivity contribution in [2.24, 2.45) is 5.92 Å². The topological polar surface area (TPSA) is 95.8 Å². The van der Waals surface area contributed by atoms with Gasteiger partial charge in [0.1, 0.15) is 5.69 Å². The number of rotatable bonds is 7. The van der Waals surface area contributed by atoms with E-state index in [1.807, 2.05) is 30.9 Å². The van der Waals surface area contributed by atoms with Gasteiger partial charge in [0.05, 0.1) is 4.92 Å². The summed E-state index contributed by atoms with van der Waals surface area (Å²) in [7, 11) is 1.78. The first kappa shape index (κ1) is 23.2. The van der Waals surface area contributed by atoms with Crippen molar-refractivity contribution in [2.75, 3.05) is 25.0 Å². The van der Waals surface area contributed by atoms with Crippen molar-refractivity contribution >= 4 is 23.2 Å². The molecule has 0 bridgehead atoms. The van der Waals surface area contributed by atoms with Gasteiger partial charge in [0, 0.05) is 50.3 Å². The third-order valence-corrected chi connectivity index (χ3v) is 6.05. The van der Waals surface area contributed by atoms with E-state index in [1.165, 1.54) is 6.07 Å². The normalized spacial score (nSPS) is 14.3. The molecule has 170 valence electrons. The number of carbonyl (C=O) groups is 2. The molecule has 0 radical (unpaired) electrons. The number of nitrogens with one attached hydrogen (secondary N) is 1. The van der Waals surface area contributed by atoms with Crippen LogP contribution in [0, 0.1) is 16.0 Å². The molecule has 0 saturated carbocycles. The highest BCUT2D eigenvalue weighted by Gasteiger charge is 2.28. The smallest absolute Gasteiger partial charge is 0.292 e. The molecular weight excluding hydrogens is 408 g/mol. The number of carbonyl (C=O) groups excluding carboxylic acids is 2. The predicted molar refractivity (Wildman–Crippen MR) is 124 cm³/mol. The van der Waals surface area contributed by atoms with Crippen molar-refractivity contribution in [3.63, 3.8) is 0 Å². The molecule has 0 atom stereocenters. The number of hydrogen-bond donors (Lipinski definition) is 1. The zero-order valence-corrected chi connectivity index (χ0v) is 18.8. The molecule has 1 fully saturated rings.